The van der Waals surface area contributed by atoms with Crippen LogP contribution >= 0.6 is 0 Å². The van der Waals surface area contributed by atoms with Gasteiger partial charge in [0.2, 0.25) is 10.0 Å². The van der Waals surface area contributed by atoms with Crippen LogP contribution in [0, 0.1) is 0 Å². The summed E-state index contributed by atoms with van der Waals surface area (Å²) in [6.45, 7) is 2.53. The number of nitrogens with zero attached hydrogens (tertiary/aromatic N) is 3. The van der Waals surface area contributed by atoms with Crippen molar-refractivity contribution in [1.82, 2.24) is 9.29 Å². The summed E-state index contributed by atoms with van der Waals surface area (Å²) in [5.74, 6) is 0.779. The van der Waals surface area contributed by atoms with E-state index in [-0.39, 0.29) is 4.90 Å². The molecule has 0 saturated carbocycles. The average Bonchev–Trinajstić information content (AvgIpc) is 3.07. The number of anilines is 2. The molecule has 1 aromatic carbocycles. The number of rotatable bonds is 3. The van der Waals surface area contributed by atoms with Crippen molar-refractivity contribution in [1.29, 1.82) is 0 Å². The van der Waals surface area contributed by atoms with Gasteiger partial charge in [-0.3, -0.25) is 0 Å². The maximum absolute atomic E-state index is 12.6. The van der Waals surface area contributed by atoms with Crippen molar-refractivity contribution in [2.45, 2.75) is 11.3 Å². The molecule has 0 bridgehead atoms. The van der Waals surface area contributed by atoms with E-state index < -0.39 is 10.0 Å². The minimum absolute atomic E-state index is 0.237. The molecule has 7 heteroatoms. The maximum atomic E-state index is 12.6. The van der Waals surface area contributed by atoms with Crippen LogP contribution in [0.25, 0.3) is 0 Å². The summed E-state index contributed by atoms with van der Waals surface area (Å²) in [6, 6.07) is 11.7. The molecule has 0 aliphatic carbocycles. The first kappa shape index (κ1) is 15.6. The fourth-order valence-electron chi connectivity index (χ4n) is 3.20. The van der Waals surface area contributed by atoms with Crippen molar-refractivity contribution < 1.29 is 13.2 Å². The molecule has 1 aromatic heterocycles. The summed E-state index contributed by atoms with van der Waals surface area (Å²) < 4.78 is 31.9. The van der Waals surface area contributed by atoms with E-state index in [1.54, 1.807) is 12.1 Å². The molecule has 4 rings (SSSR count). The monoisotopic (exact) mass is 345 g/mol. The lowest BCUT2D eigenvalue weighted by Crippen LogP contribution is -2.40. The van der Waals surface area contributed by atoms with E-state index in [9.17, 15) is 8.42 Å². The number of para-hydroxylation sites is 1. The van der Waals surface area contributed by atoms with Gasteiger partial charge in [0.15, 0.2) is 0 Å². The van der Waals surface area contributed by atoms with Crippen molar-refractivity contribution in [3.63, 3.8) is 0 Å². The van der Waals surface area contributed by atoms with Gasteiger partial charge in [0, 0.05) is 31.5 Å². The molecule has 3 heterocycles. The smallest absolute Gasteiger partial charge is 0.244 e. The van der Waals surface area contributed by atoms with E-state index >= 15 is 0 Å². The highest BCUT2D eigenvalue weighted by Gasteiger charge is 2.27. The second kappa shape index (κ2) is 6.16. The summed E-state index contributed by atoms with van der Waals surface area (Å²) >= 11 is 0. The lowest BCUT2D eigenvalue weighted by atomic mass is 10.2. The average molecular weight is 345 g/mol. The van der Waals surface area contributed by atoms with Crippen LogP contribution in [0.1, 0.15) is 5.56 Å². The largest absolute Gasteiger partial charge is 0.379 e. The first-order valence-electron chi connectivity index (χ1n) is 8.06. The van der Waals surface area contributed by atoms with Crippen LogP contribution < -0.4 is 4.90 Å². The Labute approximate surface area is 141 Å². The SMILES string of the molecule is O=S(=O)(c1ccc(N2CCc3ccccc32)nc1)N1CCOCC1. The standard InChI is InChI=1S/C17H19N3O3S/c21-24(22,19-9-11-23-12-10-19)15-5-6-17(18-13-15)20-8-7-14-3-1-2-4-16(14)20/h1-6,13H,7-12H2. The van der Waals surface area contributed by atoms with Crippen LogP contribution in [0.5, 0.6) is 0 Å². The Hall–Kier alpha value is -1.96. The number of pyridine rings is 1. The first-order chi connectivity index (χ1) is 11.7. The van der Waals surface area contributed by atoms with Crippen molar-refractivity contribution in [3.8, 4) is 0 Å². The zero-order chi connectivity index (χ0) is 16.6. The van der Waals surface area contributed by atoms with Gasteiger partial charge in [-0.25, -0.2) is 13.4 Å². The van der Waals surface area contributed by atoms with E-state index in [1.165, 1.54) is 16.1 Å². The molecule has 1 saturated heterocycles. The normalized spacial score (nSPS) is 18.6. The van der Waals surface area contributed by atoms with Crippen LogP contribution in [0.3, 0.4) is 0 Å². The van der Waals surface area contributed by atoms with E-state index in [2.05, 4.69) is 22.0 Å². The van der Waals surface area contributed by atoms with E-state index in [1.807, 2.05) is 12.1 Å². The van der Waals surface area contributed by atoms with Crippen molar-refractivity contribution in [2.75, 3.05) is 37.7 Å². The lowest BCUT2D eigenvalue weighted by molar-refractivity contribution is 0.0730. The van der Waals surface area contributed by atoms with Crippen LogP contribution in [0.4, 0.5) is 11.5 Å². The van der Waals surface area contributed by atoms with Gasteiger partial charge in [-0.15, -0.1) is 0 Å². The number of fused-ring (bicyclic) bond motifs is 1. The number of aromatic nitrogens is 1. The molecule has 0 atom stereocenters. The fourth-order valence-corrected chi connectivity index (χ4v) is 4.55. The Morgan fingerprint density at radius 3 is 2.54 bits per heavy atom. The molecule has 0 radical (unpaired) electrons. The molecule has 126 valence electrons. The topological polar surface area (TPSA) is 62.7 Å². The maximum Gasteiger partial charge on any atom is 0.244 e. The number of morpholine rings is 1. The highest BCUT2D eigenvalue weighted by molar-refractivity contribution is 7.89. The second-order valence-corrected chi connectivity index (χ2v) is 7.84. The van der Waals surface area contributed by atoms with Gasteiger partial charge in [0.1, 0.15) is 10.7 Å². The van der Waals surface area contributed by atoms with Crippen LogP contribution in [-0.4, -0.2) is 50.6 Å². The second-order valence-electron chi connectivity index (χ2n) is 5.90. The van der Waals surface area contributed by atoms with Crippen LogP contribution in [0.15, 0.2) is 47.5 Å². The molecule has 6 nitrogen and oxygen atoms in total. The van der Waals surface area contributed by atoms with Gasteiger partial charge >= 0.3 is 0 Å². The number of ether oxygens (including phenoxy) is 1. The Morgan fingerprint density at radius 2 is 1.79 bits per heavy atom. The third kappa shape index (κ3) is 2.68. The molecule has 0 N–H and O–H groups in total. The Kier molecular flexibility index (Phi) is 3.99. The molecule has 0 unspecified atom stereocenters. The Bertz CT molecular complexity index is 830. The molecular formula is C17H19N3O3S. The number of hydrogen-bond acceptors (Lipinski definition) is 5. The zero-order valence-electron chi connectivity index (χ0n) is 13.3. The lowest BCUT2D eigenvalue weighted by Gasteiger charge is -2.26. The van der Waals surface area contributed by atoms with Gasteiger partial charge < -0.3 is 9.64 Å². The number of sulfonamides is 1. The third-order valence-corrected chi connectivity index (χ3v) is 6.37. The van der Waals surface area contributed by atoms with Crippen molar-refractivity contribution in [2.24, 2.45) is 0 Å². The van der Waals surface area contributed by atoms with Crippen LogP contribution in [-0.2, 0) is 21.2 Å². The first-order valence-corrected chi connectivity index (χ1v) is 9.50. The number of benzene rings is 1. The Balaban J connectivity index is 1.59. The summed E-state index contributed by atoms with van der Waals surface area (Å²) in [4.78, 5) is 6.77. The summed E-state index contributed by atoms with van der Waals surface area (Å²) in [5, 5.41) is 0. The van der Waals surface area contributed by atoms with Gasteiger partial charge in [0.05, 0.1) is 13.2 Å². The summed E-state index contributed by atoms with van der Waals surface area (Å²) in [6.07, 6.45) is 2.44. The molecule has 24 heavy (non-hydrogen) atoms. The number of hydrogen-bond donors (Lipinski definition) is 0. The van der Waals surface area contributed by atoms with Crippen LogP contribution in [0.2, 0.25) is 0 Å². The van der Waals surface area contributed by atoms with Crippen molar-refractivity contribution >= 4 is 21.5 Å². The van der Waals surface area contributed by atoms with Gasteiger partial charge in [0.25, 0.3) is 0 Å². The Morgan fingerprint density at radius 1 is 1.00 bits per heavy atom. The zero-order valence-corrected chi connectivity index (χ0v) is 14.1. The molecule has 2 aliphatic heterocycles. The minimum Gasteiger partial charge on any atom is -0.379 e. The van der Waals surface area contributed by atoms with E-state index in [0.29, 0.717) is 26.3 Å². The van der Waals surface area contributed by atoms with E-state index in [0.717, 1.165) is 24.5 Å². The highest BCUT2D eigenvalue weighted by Crippen LogP contribution is 2.33. The van der Waals surface area contributed by atoms with Gasteiger partial charge in [-0.05, 0) is 30.2 Å². The molecular weight excluding hydrogens is 326 g/mol. The molecule has 0 spiro atoms. The third-order valence-electron chi connectivity index (χ3n) is 4.49. The minimum atomic E-state index is -3.49. The predicted molar refractivity (Wildman–Crippen MR) is 91.0 cm³/mol. The fraction of sp³-hybridized carbons (Fsp3) is 0.353. The molecule has 0 amide bonds. The molecule has 2 aromatic rings. The molecule has 1 fully saturated rings. The molecule has 2 aliphatic rings. The quantitative estimate of drug-likeness (QED) is 0.849. The summed E-state index contributed by atoms with van der Waals surface area (Å²) in [5.41, 5.74) is 2.44. The van der Waals surface area contributed by atoms with Crippen molar-refractivity contribution in [3.05, 3.63) is 48.2 Å². The highest BCUT2D eigenvalue weighted by atomic mass is 32.2. The summed E-state index contributed by atoms with van der Waals surface area (Å²) in [7, 11) is -3.49. The van der Waals surface area contributed by atoms with Gasteiger partial charge in [-0.2, -0.15) is 4.31 Å². The van der Waals surface area contributed by atoms with E-state index in [4.69, 9.17) is 4.74 Å². The predicted octanol–water partition coefficient (Wildman–Crippen LogP) is 1.80. The van der Waals surface area contributed by atoms with Gasteiger partial charge in [-0.1, -0.05) is 18.2 Å².